The molecule has 0 radical (unpaired) electrons. The highest BCUT2D eigenvalue weighted by Gasteiger charge is 2.19. The van der Waals surface area contributed by atoms with Crippen LogP contribution in [0.15, 0.2) is 60.3 Å². The first-order valence-corrected chi connectivity index (χ1v) is 11.6. The molecule has 0 saturated carbocycles. The number of carbonyl (C=O) groups is 1. The molecule has 1 aliphatic rings. The molecule has 1 unspecified atom stereocenters. The van der Waals surface area contributed by atoms with Crippen molar-refractivity contribution in [2.24, 2.45) is 0 Å². The molecule has 1 amide bonds. The van der Waals surface area contributed by atoms with Crippen molar-refractivity contribution < 1.29 is 14.3 Å². The maximum absolute atomic E-state index is 12.7. The summed E-state index contributed by atoms with van der Waals surface area (Å²) < 4.78 is 12.8. The number of para-hydroxylation sites is 1. The van der Waals surface area contributed by atoms with Gasteiger partial charge in [0, 0.05) is 30.5 Å². The summed E-state index contributed by atoms with van der Waals surface area (Å²) in [6.45, 7) is 3.47. The van der Waals surface area contributed by atoms with Crippen molar-refractivity contribution in [1.82, 2.24) is 15.1 Å². The molecule has 1 aliphatic heterocycles. The molecule has 4 rings (SSSR count). The summed E-state index contributed by atoms with van der Waals surface area (Å²) in [5, 5.41) is 17.7. The average molecular weight is 477 g/mol. The van der Waals surface area contributed by atoms with Crippen LogP contribution in [0.4, 0.5) is 0 Å². The van der Waals surface area contributed by atoms with Crippen LogP contribution < -0.4 is 10.1 Å². The van der Waals surface area contributed by atoms with Gasteiger partial charge in [0.2, 0.25) is 0 Å². The van der Waals surface area contributed by atoms with Crippen LogP contribution in [0, 0.1) is 11.3 Å². The van der Waals surface area contributed by atoms with Gasteiger partial charge in [0.05, 0.1) is 23.4 Å². The molecular weight excluding hydrogens is 452 g/mol. The Morgan fingerprint density at radius 3 is 2.85 bits per heavy atom. The second-order valence-corrected chi connectivity index (χ2v) is 8.21. The number of carbonyl (C=O) groups excluding carboxylic acids is 1. The Morgan fingerprint density at radius 1 is 1.35 bits per heavy atom. The molecule has 0 spiro atoms. The van der Waals surface area contributed by atoms with E-state index in [9.17, 15) is 10.1 Å². The molecule has 0 aliphatic carbocycles. The van der Waals surface area contributed by atoms with E-state index in [-0.39, 0.29) is 11.7 Å². The van der Waals surface area contributed by atoms with Gasteiger partial charge in [0.15, 0.2) is 0 Å². The molecule has 1 atom stereocenters. The number of nitrogens with zero attached hydrogens (tertiary/aromatic N) is 3. The predicted molar refractivity (Wildman–Crippen MR) is 131 cm³/mol. The van der Waals surface area contributed by atoms with Crippen LogP contribution in [-0.4, -0.2) is 41.6 Å². The Labute approximate surface area is 203 Å². The lowest BCUT2D eigenvalue weighted by Crippen LogP contribution is -2.32. The van der Waals surface area contributed by atoms with E-state index in [1.54, 1.807) is 29.1 Å². The smallest absolute Gasteiger partial charge is 0.262 e. The molecule has 8 heteroatoms. The van der Waals surface area contributed by atoms with Gasteiger partial charge in [0.25, 0.3) is 5.91 Å². The first-order valence-electron chi connectivity index (χ1n) is 11.2. The van der Waals surface area contributed by atoms with Gasteiger partial charge < -0.3 is 14.8 Å². The summed E-state index contributed by atoms with van der Waals surface area (Å²) in [6, 6.07) is 17.0. The van der Waals surface area contributed by atoms with Gasteiger partial charge in [-0.1, -0.05) is 29.8 Å². The number of benzene rings is 2. The van der Waals surface area contributed by atoms with Crippen molar-refractivity contribution in [2.75, 3.05) is 19.8 Å². The average Bonchev–Trinajstić information content (AvgIpc) is 3.53. The summed E-state index contributed by atoms with van der Waals surface area (Å²) in [7, 11) is 0. The number of hydrogen-bond donors (Lipinski definition) is 1. The highest BCUT2D eigenvalue weighted by Crippen LogP contribution is 2.32. The van der Waals surface area contributed by atoms with E-state index in [2.05, 4.69) is 5.32 Å². The minimum absolute atomic E-state index is 0.00807. The van der Waals surface area contributed by atoms with Crippen molar-refractivity contribution >= 4 is 23.6 Å². The van der Waals surface area contributed by atoms with Gasteiger partial charge in [-0.3, -0.25) is 4.79 Å². The molecule has 2 aromatic carbocycles. The van der Waals surface area contributed by atoms with E-state index in [4.69, 9.17) is 26.2 Å². The Hall–Kier alpha value is -3.60. The zero-order valence-electron chi connectivity index (χ0n) is 18.8. The fraction of sp³-hybridized carbons (Fsp3) is 0.269. The third-order valence-corrected chi connectivity index (χ3v) is 5.74. The van der Waals surface area contributed by atoms with Crippen LogP contribution in [0.1, 0.15) is 25.3 Å². The lowest BCUT2D eigenvalue weighted by atomic mass is 10.1. The zero-order valence-corrected chi connectivity index (χ0v) is 19.6. The van der Waals surface area contributed by atoms with Crippen molar-refractivity contribution in [3.8, 4) is 28.8 Å². The Kier molecular flexibility index (Phi) is 7.63. The van der Waals surface area contributed by atoms with Crippen molar-refractivity contribution in [1.29, 1.82) is 5.26 Å². The second-order valence-electron chi connectivity index (χ2n) is 7.81. The SMILES string of the molecule is CCOc1ccc(-c2nn(-c3ccccc3)cc2C=C(C#N)C(=O)NCC2CCCO2)cc1Cl. The lowest BCUT2D eigenvalue weighted by Gasteiger charge is -2.10. The van der Waals surface area contributed by atoms with E-state index in [1.165, 1.54) is 0 Å². The van der Waals surface area contributed by atoms with E-state index in [1.807, 2.05) is 49.4 Å². The molecule has 2 heterocycles. The minimum atomic E-state index is -0.443. The summed E-state index contributed by atoms with van der Waals surface area (Å²) in [6.07, 6.45) is 5.22. The lowest BCUT2D eigenvalue weighted by molar-refractivity contribution is -0.117. The van der Waals surface area contributed by atoms with Gasteiger partial charge in [0.1, 0.15) is 23.1 Å². The number of hydrogen-bond acceptors (Lipinski definition) is 5. The number of ether oxygens (including phenoxy) is 2. The monoisotopic (exact) mass is 476 g/mol. The molecule has 3 aromatic rings. The molecule has 0 bridgehead atoms. The zero-order chi connectivity index (χ0) is 23.9. The van der Waals surface area contributed by atoms with Gasteiger partial charge in [-0.25, -0.2) is 4.68 Å². The highest BCUT2D eigenvalue weighted by atomic mass is 35.5. The Bertz CT molecular complexity index is 1220. The molecule has 34 heavy (non-hydrogen) atoms. The molecule has 1 aromatic heterocycles. The van der Waals surface area contributed by atoms with Gasteiger partial charge in [-0.05, 0) is 56.2 Å². The standard InChI is InChI=1S/C26H25ClN4O3/c1-2-33-24-11-10-18(14-23(24)27)25-20(17-31(30-25)21-7-4-3-5-8-21)13-19(15-28)26(32)29-16-22-9-6-12-34-22/h3-5,7-8,10-11,13-14,17,22H,2,6,9,12,16H2,1H3,(H,29,32). The van der Waals surface area contributed by atoms with E-state index >= 15 is 0 Å². The van der Waals surface area contributed by atoms with Gasteiger partial charge in [-0.15, -0.1) is 0 Å². The fourth-order valence-electron chi connectivity index (χ4n) is 3.76. The first-order chi connectivity index (χ1) is 16.6. The number of halogens is 1. The summed E-state index contributed by atoms with van der Waals surface area (Å²) >= 11 is 6.42. The Morgan fingerprint density at radius 2 is 2.18 bits per heavy atom. The minimum Gasteiger partial charge on any atom is -0.492 e. The van der Waals surface area contributed by atoms with Crippen molar-refractivity contribution in [3.05, 3.63) is 70.9 Å². The highest BCUT2D eigenvalue weighted by molar-refractivity contribution is 6.32. The number of amides is 1. The largest absolute Gasteiger partial charge is 0.492 e. The summed E-state index contributed by atoms with van der Waals surface area (Å²) in [5.74, 6) is 0.139. The summed E-state index contributed by atoms with van der Waals surface area (Å²) in [5.41, 5.74) is 2.79. The van der Waals surface area contributed by atoms with Crippen LogP contribution in [0.3, 0.4) is 0 Å². The predicted octanol–water partition coefficient (Wildman–Crippen LogP) is 4.79. The van der Waals surface area contributed by atoms with E-state index < -0.39 is 5.91 Å². The third-order valence-electron chi connectivity index (χ3n) is 5.45. The maximum atomic E-state index is 12.7. The van der Waals surface area contributed by atoms with Crippen molar-refractivity contribution in [2.45, 2.75) is 25.9 Å². The van der Waals surface area contributed by atoms with Crippen LogP contribution in [0.2, 0.25) is 5.02 Å². The Balaban J connectivity index is 1.69. The topological polar surface area (TPSA) is 89.2 Å². The quantitative estimate of drug-likeness (QED) is 0.373. The van der Waals surface area contributed by atoms with Crippen LogP contribution >= 0.6 is 11.6 Å². The third kappa shape index (κ3) is 5.48. The van der Waals surface area contributed by atoms with Crippen molar-refractivity contribution in [3.63, 3.8) is 0 Å². The molecule has 174 valence electrons. The number of rotatable bonds is 8. The normalized spacial score (nSPS) is 15.7. The maximum Gasteiger partial charge on any atom is 0.262 e. The van der Waals surface area contributed by atoms with E-state index in [0.717, 1.165) is 24.1 Å². The van der Waals surface area contributed by atoms with Crippen LogP contribution in [0.25, 0.3) is 23.0 Å². The van der Waals surface area contributed by atoms with E-state index in [0.29, 0.717) is 41.8 Å². The summed E-state index contributed by atoms with van der Waals surface area (Å²) in [4.78, 5) is 12.7. The molecule has 1 saturated heterocycles. The fourth-order valence-corrected chi connectivity index (χ4v) is 4.00. The van der Waals surface area contributed by atoms with Crippen LogP contribution in [0.5, 0.6) is 5.75 Å². The van der Waals surface area contributed by atoms with Crippen LogP contribution in [-0.2, 0) is 9.53 Å². The molecular formula is C26H25ClN4O3. The number of nitrogens with one attached hydrogen (secondary N) is 1. The van der Waals surface area contributed by atoms with Gasteiger partial charge in [-0.2, -0.15) is 10.4 Å². The number of aromatic nitrogens is 2. The number of nitriles is 1. The second kappa shape index (κ2) is 11.0. The molecule has 1 N–H and O–H groups in total. The van der Waals surface area contributed by atoms with Gasteiger partial charge >= 0.3 is 0 Å². The first kappa shape index (κ1) is 23.6. The molecule has 1 fully saturated rings. The molecule has 7 nitrogen and oxygen atoms in total.